The molecule has 0 bridgehead atoms. The molecule has 128 valence electrons. The summed E-state index contributed by atoms with van der Waals surface area (Å²) in [5.41, 5.74) is 2.09. The first-order valence-electron chi connectivity index (χ1n) is 7.73. The van der Waals surface area contributed by atoms with E-state index in [-0.39, 0.29) is 24.4 Å². The van der Waals surface area contributed by atoms with E-state index in [1.54, 1.807) is 11.3 Å². The standard InChI is InChI=1S/C18H20N2O2S.ClH/c1-12-6-7-14(20-9-8-19-10-11-21)16-17(22)13-4-2-3-5-15(13)23-18(12)16;/h2-7,19-21H,8-11H2,1H3;1H. The zero-order valence-corrected chi connectivity index (χ0v) is 15.1. The number of nitrogens with one attached hydrogen (secondary N) is 2. The second-order valence-electron chi connectivity index (χ2n) is 5.46. The van der Waals surface area contributed by atoms with Crippen molar-refractivity contribution in [2.24, 2.45) is 0 Å². The van der Waals surface area contributed by atoms with Crippen LogP contribution >= 0.6 is 23.7 Å². The van der Waals surface area contributed by atoms with Gasteiger partial charge < -0.3 is 15.7 Å². The van der Waals surface area contributed by atoms with Gasteiger partial charge in [-0.25, -0.2) is 0 Å². The van der Waals surface area contributed by atoms with Crippen molar-refractivity contribution >= 4 is 49.6 Å². The van der Waals surface area contributed by atoms with Gasteiger partial charge in [0, 0.05) is 40.1 Å². The highest BCUT2D eigenvalue weighted by Crippen LogP contribution is 2.31. The average Bonchev–Trinajstić information content (AvgIpc) is 2.57. The molecular formula is C18H21ClN2O2S. The van der Waals surface area contributed by atoms with Crippen LogP contribution in [-0.2, 0) is 0 Å². The van der Waals surface area contributed by atoms with Crippen molar-refractivity contribution < 1.29 is 5.11 Å². The summed E-state index contributed by atoms with van der Waals surface area (Å²) >= 11 is 1.66. The molecule has 3 N–H and O–H groups in total. The van der Waals surface area contributed by atoms with Crippen LogP contribution in [0.5, 0.6) is 0 Å². The molecule has 0 aliphatic rings. The lowest BCUT2D eigenvalue weighted by Gasteiger charge is -2.12. The molecule has 1 heterocycles. The lowest BCUT2D eigenvalue weighted by atomic mass is 10.1. The number of anilines is 1. The van der Waals surface area contributed by atoms with Gasteiger partial charge in [0.1, 0.15) is 0 Å². The third-order valence-corrected chi connectivity index (χ3v) is 5.14. The largest absolute Gasteiger partial charge is 0.395 e. The van der Waals surface area contributed by atoms with Gasteiger partial charge in [-0.2, -0.15) is 0 Å². The van der Waals surface area contributed by atoms with Gasteiger partial charge in [-0.15, -0.1) is 23.7 Å². The van der Waals surface area contributed by atoms with Crippen LogP contribution in [0.25, 0.3) is 20.2 Å². The Morgan fingerprint density at radius 3 is 2.67 bits per heavy atom. The molecule has 0 saturated carbocycles. The van der Waals surface area contributed by atoms with Gasteiger partial charge in [-0.1, -0.05) is 18.2 Å². The van der Waals surface area contributed by atoms with E-state index in [9.17, 15) is 4.79 Å². The van der Waals surface area contributed by atoms with Crippen LogP contribution in [0, 0.1) is 6.92 Å². The van der Waals surface area contributed by atoms with Crippen molar-refractivity contribution in [2.45, 2.75) is 6.92 Å². The molecule has 0 aliphatic heterocycles. The van der Waals surface area contributed by atoms with Crippen LogP contribution in [0.1, 0.15) is 5.56 Å². The smallest absolute Gasteiger partial charge is 0.197 e. The number of aliphatic hydroxyl groups is 1. The van der Waals surface area contributed by atoms with E-state index in [4.69, 9.17) is 5.11 Å². The highest BCUT2D eigenvalue weighted by Gasteiger charge is 2.11. The Labute approximate surface area is 150 Å². The maximum Gasteiger partial charge on any atom is 0.197 e. The van der Waals surface area contributed by atoms with Gasteiger partial charge in [0.15, 0.2) is 5.43 Å². The van der Waals surface area contributed by atoms with E-state index in [1.807, 2.05) is 37.3 Å². The summed E-state index contributed by atoms with van der Waals surface area (Å²) in [5, 5.41) is 16.8. The van der Waals surface area contributed by atoms with Crippen molar-refractivity contribution in [1.82, 2.24) is 5.32 Å². The van der Waals surface area contributed by atoms with Gasteiger partial charge in [0.2, 0.25) is 0 Å². The van der Waals surface area contributed by atoms with Crippen molar-refractivity contribution in [3.8, 4) is 0 Å². The summed E-state index contributed by atoms with van der Waals surface area (Å²) in [5.74, 6) is 0. The first-order chi connectivity index (χ1) is 11.2. The molecule has 4 nitrogen and oxygen atoms in total. The van der Waals surface area contributed by atoms with Gasteiger partial charge in [0.25, 0.3) is 0 Å². The van der Waals surface area contributed by atoms with Gasteiger partial charge in [-0.3, -0.25) is 4.79 Å². The number of hydrogen-bond acceptors (Lipinski definition) is 5. The molecule has 0 saturated heterocycles. The second kappa shape index (κ2) is 8.44. The minimum absolute atomic E-state index is 0. The predicted molar refractivity (Wildman–Crippen MR) is 106 cm³/mol. The number of rotatable bonds is 6. The third kappa shape index (κ3) is 3.70. The zero-order valence-electron chi connectivity index (χ0n) is 13.5. The molecule has 0 unspecified atom stereocenters. The average molecular weight is 365 g/mol. The third-order valence-electron chi connectivity index (χ3n) is 3.83. The van der Waals surface area contributed by atoms with Crippen LogP contribution in [0.2, 0.25) is 0 Å². The maximum atomic E-state index is 12.9. The Bertz CT molecular complexity index is 895. The summed E-state index contributed by atoms with van der Waals surface area (Å²) in [6.45, 7) is 4.19. The molecule has 1 aromatic heterocycles. The fourth-order valence-electron chi connectivity index (χ4n) is 2.67. The first kappa shape index (κ1) is 18.7. The predicted octanol–water partition coefficient (Wildman–Crippen LogP) is 3.14. The number of hydrogen-bond donors (Lipinski definition) is 3. The number of benzene rings is 2. The number of fused-ring (bicyclic) bond motifs is 2. The fourth-order valence-corrected chi connectivity index (χ4v) is 3.84. The summed E-state index contributed by atoms with van der Waals surface area (Å²) < 4.78 is 2.07. The molecule has 0 spiro atoms. The maximum absolute atomic E-state index is 12.9. The van der Waals surface area contributed by atoms with E-state index in [0.717, 1.165) is 38.0 Å². The lowest BCUT2D eigenvalue weighted by molar-refractivity contribution is 0.293. The van der Waals surface area contributed by atoms with Crippen molar-refractivity contribution in [2.75, 3.05) is 31.6 Å². The van der Waals surface area contributed by atoms with E-state index >= 15 is 0 Å². The molecule has 2 aromatic carbocycles. The second-order valence-corrected chi connectivity index (χ2v) is 6.51. The van der Waals surface area contributed by atoms with Gasteiger partial charge in [0.05, 0.1) is 12.0 Å². The Hall–Kier alpha value is -1.66. The molecule has 3 aromatic rings. The van der Waals surface area contributed by atoms with Gasteiger partial charge >= 0.3 is 0 Å². The molecule has 24 heavy (non-hydrogen) atoms. The van der Waals surface area contributed by atoms with E-state index < -0.39 is 0 Å². The number of aryl methyl sites for hydroxylation is 1. The molecule has 0 fully saturated rings. The fraction of sp³-hybridized carbons (Fsp3) is 0.278. The minimum atomic E-state index is 0. The van der Waals surface area contributed by atoms with E-state index in [2.05, 4.69) is 16.7 Å². The number of halogens is 1. The molecule has 0 aliphatic carbocycles. The summed E-state index contributed by atoms with van der Waals surface area (Å²) in [4.78, 5) is 12.9. The summed E-state index contributed by atoms with van der Waals surface area (Å²) in [6.07, 6.45) is 0. The Morgan fingerprint density at radius 2 is 1.88 bits per heavy atom. The molecular weight excluding hydrogens is 344 g/mol. The summed E-state index contributed by atoms with van der Waals surface area (Å²) in [6, 6.07) is 11.8. The Balaban J connectivity index is 0.00000208. The highest BCUT2D eigenvalue weighted by atomic mass is 35.5. The topological polar surface area (TPSA) is 61.4 Å². The van der Waals surface area contributed by atoms with Crippen molar-refractivity contribution in [3.05, 3.63) is 52.2 Å². The first-order valence-corrected chi connectivity index (χ1v) is 8.54. The van der Waals surface area contributed by atoms with Crippen LogP contribution < -0.4 is 16.1 Å². The van der Waals surface area contributed by atoms with Crippen molar-refractivity contribution in [3.63, 3.8) is 0 Å². The zero-order chi connectivity index (χ0) is 16.2. The molecule has 3 rings (SSSR count). The molecule has 6 heteroatoms. The molecule has 0 atom stereocenters. The SMILES string of the molecule is Cc1ccc(NCCNCCO)c2c(=O)c3ccccc3sc12.Cl. The molecule has 0 radical (unpaired) electrons. The van der Waals surface area contributed by atoms with E-state index in [1.165, 1.54) is 0 Å². The monoisotopic (exact) mass is 364 g/mol. The minimum Gasteiger partial charge on any atom is -0.395 e. The van der Waals surface area contributed by atoms with Crippen molar-refractivity contribution in [1.29, 1.82) is 0 Å². The quantitative estimate of drug-likeness (QED) is 0.464. The highest BCUT2D eigenvalue weighted by molar-refractivity contribution is 7.24. The Kier molecular flexibility index (Phi) is 6.57. The van der Waals surface area contributed by atoms with E-state index in [0.29, 0.717) is 13.1 Å². The number of aliphatic hydroxyl groups excluding tert-OH is 1. The Morgan fingerprint density at radius 1 is 1.08 bits per heavy atom. The van der Waals surface area contributed by atoms with Crippen LogP contribution in [0.4, 0.5) is 5.69 Å². The van der Waals surface area contributed by atoms with Crippen LogP contribution in [0.15, 0.2) is 41.2 Å². The van der Waals surface area contributed by atoms with Crippen LogP contribution in [0.3, 0.4) is 0 Å². The normalized spacial score (nSPS) is 10.8. The van der Waals surface area contributed by atoms with Gasteiger partial charge in [-0.05, 0) is 30.7 Å². The summed E-state index contributed by atoms with van der Waals surface area (Å²) in [7, 11) is 0. The van der Waals surface area contributed by atoms with Crippen LogP contribution in [-0.4, -0.2) is 31.3 Å². The lowest BCUT2D eigenvalue weighted by Crippen LogP contribution is -2.25. The molecule has 0 amide bonds.